The van der Waals surface area contributed by atoms with Gasteiger partial charge < -0.3 is 10.1 Å². The monoisotopic (exact) mass is 454 g/mol. The second kappa shape index (κ2) is 8.63. The van der Waals surface area contributed by atoms with Gasteiger partial charge in [-0.15, -0.1) is 0 Å². The molecule has 6 nitrogen and oxygen atoms in total. The van der Waals surface area contributed by atoms with Crippen LogP contribution in [0.5, 0.6) is 5.75 Å². The summed E-state index contributed by atoms with van der Waals surface area (Å²) in [5.74, 6) is -0.258. The maximum absolute atomic E-state index is 13.9. The SMILES string of the molecule is Cc1ccc(OCCNC(=O)CN2c3ccc(F)cc3-c3ccccc3S2(=O)=O)cc1C. The number of hydrogen-bond acceptors (Lipinski definition) is 4. The van der Waals surface area contributed by atoms with Crippen LogP contribution in [0, 0.1) is 19.7 Å². The Kier molecular flexibility index (Phi) is 5.88. The van der Waals surface area contributed by atoms with Gasteiger partial charge in [-0.3, -0.25) is 9.10 Å². The van der Waals surface area contributed by atoms with Crippen LogP contribution in [0.25, 0.3) is 11.1 Å². The minimum atomic E-state index is -3.97. The number of benzene rings is 3. The Labute approximate surface area is 186 Å². The van der Waals surface area contributed by atoms with Gasteiger partial charge in [0.15, 0.2) is 0 Å². The first-order valence-corrected chi connectivity index (χ1v) is 11.6. The van der Waals surface area contributed by atoms with Crippen molar-refractivity contribution in [2.75, 3.05) is 24.0 Å². The minimum Gasteiger partial charge on any atom is -0.492 e. The standard InChI is InChI=1S/C24H23FN2O4S/c1-16-7-9-19(13-17(16)2)31-12-11-26-24(28)15-27-22-10-8-18(25)14-21(22)20-5-3-4-6-23(20)32(27,29)30/h3-10,13-14H,11-12,15H2,1-2H3,(H,26,28). The van der Waals surface area contributed by atoms with Crippen molar-refractivity contribution >= 4 is 21.6 Å². The Bertz CT molecular complexity index is 1290. The van der Waals surface area contributed by atoms with Crippen LogP contribution in [-0.2, 0) is 14.8 Å². The highest BCUT2D eigenvalue weighted by Crippen LogP contribution is 2.42. The summed E-state index contributed by atoms with van der Waals surface area (Å²) in [6.45, 7) is 4.04. The number of amides is 1. The quantitative estimate of drug-likeness (QED) is 0.575. The number of fused-ring (bicyclic) bond motifs is 3. The number of aryl methyl sites for hydroxylation is 2. The molecule has 32 heavy (non-hydrogen) atoms. The van der Waals surface area contributed by atoms with Gasteiger partial charge in [-0.25, -0.2) is 12.8 Å². The van der Waals surface area contributed by atoms with Crippen molar-refractivity contribution in [3.05, 3.63) is 77.6 Å². The van der Waals surface area contributed by atoms with E-state index in [9.17, 15) is 17.6 Å². The van der Waals surface area contributed by atoms with Crippen LogP contribution in [-0.4, -0.2) is 34.0 Å². The summed E-state index contributed by atoms with van der Waals surface area (Å²) in [6.07, 6.45) is 0. The van der Waals surface area contributed by atoms with Gasteiger partial charge in [0.25, 0.3) is 10.0 Å². The molecular weight excluding hydrogens is 431 g/mol. The fourth-order valence-corrected chi connectivity index (χ4v) is 5.27. The first-order valence-electron chi connectivity index (χ1n) is 10.2. The van der Waals surface area contributed by atoms with Crippen molar-refractivity contribution in [2.45, 2.75) is 18.7 Å². The molecule has 0 atom stereocenters. The number of ether oxygens (including phenoxy) is 1. The summed E-state index contributed by atoms with van der Waals surface area (Å²) in [5, 5.41) is 2.69. The van der Waals surface area contributed by atoms with E-state index in [0.29, 0.717) is 16.9 Å². The summed E-state index contributed by atoms with van der Waals surface area (Å²) in [5.41, 5.74) is 3.39. The fourth-order valence-electron chi connectivity index (χ4n) is 3.62. The van der Waals surface area contributed by atoms with Crippen LogP contribution in [0.2, 0.25) is 0 Å². The van der Waals surface area contributed by atoms with E-state index in [0.717, 1.165) is 15.4 Å². The smallest absolute Gasteiger partial charge is 0.265 e. The molecule has 4 rings (SSSR count). The molecule has 3 aromatic rings. The second-order valence-electron chi connectivity index (χ2n) is 7.61. The average molecular weight is 455 g/mol. The van der Waals surface area contributed by atoms with E-state index < -0.39 is 28.3 Å². The third-order valence-electron chi connectivity index (χ3n) is 5.43. The molecule has 0 fully saturated rings. The molecule has 8 heteroatoms. The molecule has 1 aliphatic rings. The second-order valence-corrected chi connectivity index (χ2v) is 9.44. The lowest BCUT2D eigenvalue weighted by atomic mass is 10.0. The van der Waals surface area contributed by atoms with Crippen LogP contribution in [0.3, 0.4) is 0 Å². The maximum atomic E-state index is 13.9. The van der Waals surface area contributed by atoms with Crippen LogP contribution in [0.4, 0.5) is 10.1 Å². The van der Waals surface area contributed by atoms with E-state index in [-0.39, 0.29) is 23.7 Å². The van der Waals surface area contributed by atoms with E-state index in [1.54, 1.807) is 18.2 Å². The molecule has 0 unspecified atom stereocenters. The van der Waals surface area contributed by atoms with Gasteiger partial charge in [-0.05, 0) is 61.4 Å². The number of anilines is 1. The summed E-state index contributed by atoms with van der Waals surface area (Å²) in [7, 11) is -3.97. The Morgan fingerprint density at radius 2 is 1.78 bits per heavy atom. The molecule has 1 heterocycles. The van der Waals surface area contributed by atoms with Crippen molar-refractivity contribution in [2.24, 2.45) is 0 Å². The number of sulfonamides is 1. The first-order chi connectivity index (χ1) is 15.3. The van der Waals surface area contributed by atoms with Crippen LogP contribution >= 0.6 is 0 Å². The van der Waals surface area contributed by atoms with Crippen molar-refractivity contribution in [1.82, 2.24) is 5.32 Å². The molecule has 0 saturated carbocycles. The molecule has 0 saturated heterocycles. The summed E-state index contributed by atoms with van der Waals surface area (Å²) < 4.78 is 46.9. The zero-order valence-corrected chi connectivity index (χ0v) is 18.6. The molecule has 1 aliphatic heterocycles. The first kappa shape index (κ1) is 21.8. The number of carbonyl (C=O) groups is 1. The number of hydrogen-bond donors (Lipinski definition) is 1. The number of carbonyl (C=O) groups excluding carboxylic acids is 1. The summed E-state index contributed by atoms with van der Waals surface area (Å²) >= 11 is 0. The lowest BCUT2D eigenvalue weighted by molar-refractivity contribution is -0.119. The van der Waals surface area contributed by atoms with Gasteiger partial charge in [0, 0.05) is 11.1 Å². The summed E-state index contributed by atoms with van der Waals surface area (Å²) in [4.78, 5) is 12.6. The zero-order chi connectivity index (χ0) is 22.9. The molecule has 3 aromatic carbocycles. The van der Waals surface area contributed by atoms with E-state index in [2.05, 4.69) is 5.32 Å². The molecule has 0 aliphatic carbocycles. The predicted molar refractivity (Wildman–Crippen MR) is 121 cm³/mol. The minimum absolute atomic E-state index is 0.0453. The van der Waals surface area contributed by atoms with Gasteiger partial charge in [0.1, 0.15) is 24.7 Å². The highest BCUT2D eigenvalue weighted by atomic mass is 32.2. The Balaban J connectivity index is 1.46. The van der Waals surface area contributed by atoms with Crippen LogP contribution in [0.1, 0.15) is 11.1 Å². The maximum Gasteiger partial charge on any atom is 0.265 e. The molecule has 1 N–H and O–H groups in total. The normalized spacial score (nSPS) is 13.8. The highest BCUT2D eigenvalue weighted by Gasteiger charge is 2.35. The predicted octanol–water partition coefficient (Wildman–Crippen LogP) is 3.81. The van der Waals surface area contributed by atoms with E-state index in [1.165, 1.54) is 24.3 Å². The molecule has 0 radical (unpaired) electrons. The third-order valence-corrected chi connectivity index (χ3v) is 7.25. The van der Waals surface area contributed by atoms with Crippen molar-refractivity contribution in [1.29, 1.82) is 0 Å². The number of nitrogens with one attached hydrogen (secondary N) is 1. The van der Waals surface area contributed by atoms with Crippen molar-refractivity contribution in [3.8, 4) is 16.9 Å². The lowest BCUT2D eigenvalue weighted by Crippen LogP contribution is -2.43. The van der Waals surface area contributed by atoms with Crippen LogP contribution in [0.15, 0.2) is 65.6 Å². The number of rotatable bonds is 6. The van der Waals surface area contributed by atoms with Gasteiger partial charge in [0.2, 0.25) is 5.91 Å². The Morgan fingerprint density at radius 1 is 1.00 bits per heavy atom. The van der Waals surface area contributed by atoms with Gasteiger partial charge in [-0.2, -0.15) is 0 Å². The molecule has 0 bridgehead atoms. The fraction of sp³-hybridized carbons (Fsp3) is 0.208. The largest absolute Gasteiger partial charge is 0.492 e. The van der Waals surface area contributed by atoms with E-state index >= 15 is 0 Å². The van der Waals surface area contributed by atoms with Gasteiger partial charge in [-0.1, -0.05) is 24.3 Å². The lowest BCUT2D eigenvalue weighted by Gasteiger charge is -2.31. The number of halogens is 1. The molecule has 1 amide bonds. The highest BCUT2D eigenvalue weighted by molar-refractivity contribution is 7.93. The molecular formula is C24H23FN2O4S. The molecule has 166 valence electrons. The third kappa shape index (κ3) is 4.18. The van der Waals surface area contributed by atoms with E-state index in [4.69, 9.17) is 4.74 Å². The van der Waals surface area contributed by atoms with E-state index in [1.807, 2.05) is 32.0 Å². The zero-order valence-electron chi connectivity index (χ0n) is 17.8. The van der Waals surface area contributed by atoms with Gasteiger partial charge >= 0.3 is 0 Å². The Hall–Kier alpha value is -3.39. The topological polar surface area (TPSA) is 75.7 Å². The Morgan fingerprint density at radius 3 is 2.56 bits per heavy atom. The van der Waals surface area contributed by atoms with Crippen molar-refractivity contribution in [3.63, 3.8) is 0 Å². The molecule has 0 spiro atoms. The average Bonchev–Trinajstić information content (AvgIpc) is 2.77. The van der Waals surface area contributed by atoms with Crippen molar-refractivity contribution < 1.29 is 22.3 Å². The van der Waals surface area contributed by atoms with Crippen LogP contribution < -0.4 is 14.4 Å². The molecule has 0 aromatic heterocycles. The van der Waals surface area contributed by atoms with Gasteiger partial charge in [0.05, 0.1) is 17.1 Å². The number of nitrogens with zero attached hydrogens (tertiary/aromatic N) is 1. The summed E-state index contributed by atoms with van der Waals surface area (Å²) in [6, 6.07) is 16.0.